The molecule has 23 heavy (non-hydrogen) atoms. The smallest absolute Gasteiger partial charge is 0.242 e. The molecule has 6 heteroatoms. The predicted molar refractivity (Wildman–Crippen MR) is 92.6 cm³/mol. The Bertz CT molecular complexity index is 770. The molecule has 0 fully saturated rings. The van der Waals surface area contributed by atoms with Crippen LogP contribution < -0.4 is 9.46 Å². The number of hydrogen-bond donors (Lipinski definition) is 1. The topological polar surface area (TPSA) is 55.4 Å². The molecule has 0 radical (unpaired) electrons. The van der Waals surface area contributed by atoms with Crippen molar-refractivity contribution in [1.29, 1.82) is 0 Å². The summed E-state index contributed by atoms with van der Waals surface area (Å²) in [5, 5.41) is 0.197. The zero-order chi connectivity index (χ0) is 17.0. The molecule has 1 unspecified atom stereocenters. The highest BCUT2D eigenvalue weighted by molar-refractivity contribution is 7.89. The van der Waals surface area contributed by atoms with E-state index in [-0.39, 0.29) is 16.5 Å². The highest BCUT2D eigenvalue weighted by atomic mass is 35.5. The van der Waals surface area contributed by atoms with Crippen molar-refractivity contribution in [2.24, 2.45) is 0 Å². The molecule has 0 bridgehead atoms. The van der Waals surface area contributed by atoms with E-state index < -0.39 is 16.1 Å². The third kappa shape index (κ3) is 4.47. The maximum Gasteiger partial charge on any atom is 0.242 e. The lowest BCUT2D eigenvalue weighted by atomic mass is 10.1. The molecular formula is C17H20ClNO3S. The number of hydrogen-bond acceptors (Lipinski definition) is 3. The van der Waals surface area contributed by atoms with Crippen LogP contribution in [0.15, 0.2) is 47.4 Å². The first-order chi connectivity index (χ1) is 10.8. The summed E-state index contributed by atoms with van der Waals surface area (Å²) in [4.78, 5) is 0.0700. The maximum atomic E-state index is 12.4. The molecule has 0 aromatic heterocycles. The second kappa shape index (κ2) is 7.34. The monoisotopic (exact) mass is 353 g/mol. The van der Waals surface area contributed by atoms with Gasteiger partial charge in [0.2, 0.25) is 10.0 Å². The fourth-order valence-corrected chi connectivity index (χ4v) is 4.01. The van der Waals surface area contributed by atoms with Gasteiger partial charge < -0.3 is 4.74 Å². The van der Waals surface area contributed by atoms with Gasteiger partial charge in [0.25, 0.3) is 0 Å². The molecule has 0 saturated carbocycles. The minimum Gasteiger partial charge on any atom is -0.491 e. The molecule has 0 spiro atoms. The summed E-state index contributed by atoms with van der Waals surface area (Å²) in [6, 6.07) is 11.8. The van der Waals surface area contributed by atoms with Gasteiger partial charge in [0.15, 0.2) is 0 Å². The minimum atomic E-state index is -3.68. The molecule has 0 saturated heterocycles. The summed E-state index contributed by atoms with van der Waals surface area (Å²) in [5.41, 5.74) is 2.04. The Labute approximate surface area is 142 Å². The molecule has 1 atom stereocenters. The molecule has 0 heterocycles. The van der Waals surface area contributed by atoms with Gasteiger partial charge in [-0.2, -0.15) is 0 Å². The normalized spacial score (nSPS) is 12.9. The van der Waals surface area contributed by atoms with Gasteiger partial charge in [-0.05, 0) is 44.0 Å². The molecule has 2 aromatic rings. The average molecular weight is 354 g/mol. The van der Waals surface area contributed by atoms with Crippen LogP contribution in [0.4, 0.5) is 0 Å². The number of ether oxygens (including phenoxy) is 1. The van der Waals surface area contributed by atoms with Crippen LogP contribution in [0, 0.1) is 13.8 Å². The Kier molecular flexibility index (Phi) is 5.68. The molecule has 2 aromatic carbocycles. The molecular weight excluding hydrogens is 334 g/mol. The standard InChI is InChI=1S/C17H20ClNO3S/c1-12-7-6-8-13(2)17(12)22-11-14(3)19-23(20,21)16-10-5-4-9-15(16)18/h4-10,14,19H,11H2,1-3H3. The number of sulfonamides is 1. The van der Waals surface area contributed by atoms with E-state index in [0.29, 0.717) is 0 Å². The lowest BCUT2D eigenvalue weighted by molar-refractivity contribution is 0.284. The highest BCUT2D eigenvalue weighted by Crippen LogP contribution is 2.23. The lowest BCUT2D eigenvalue weighted by Crippen LogP contribution is -2.37. The van der Waals surface area contributed by atoms with Crippen LogP contribution in [-0.2, 0) is 10.0 Å². The van der Waals surface area contributed by atoms with E-state index in [4.69, 9.17) is 16.3 Å². The van der Waals surface area contributed by atoms with E-state index in [1.807, 2.05) is 32.0 Å². The van der Waals surface area contributed by atoms with Gasteiger partial charge in [0.1, 0.15) is 17.3 Å². The van der Waals surface area contributed by atoms with E-state index >= 15 is 0 Å². The molecule has 0 amide bonds. The zero-order valence-corrected chi connectivity index (χ0v) is 14.9. The Morgan fingerprint density at radius 1 is 1.09 bits per heavy atom. The van der Waals surface area contributed by atoms with Crippen molar-refractivity contribution in [3.05, 3.63) is 58.6 Å². The Morgan fingerprint density at radius 2 is 1.70 bits per heavy atom. The van der Waals surface area contributed by atoms with E-state index in [0.717, 1.165) is 16.9 Å². The van der Waals surface area contributed by atoms with Crippen molar-refractivity contribution in [3.8, 4) is 5.75 Å². The Morgan fingerprint density at radius 3 is 2.30 bits per heavy atom. The maximum absolute atomic E-state index is 12.4. The van der Waals surface area contributed by atoms with Crippen LogP contribution >= 0.6 is 11.6 Å². The third-order valence-corrected chi connectivity index (χ3v) is 5.46. The molecule has 0 aliphatic heterocycles. The highest BCUT2D eigenvalue weighted by Gasteiger charge is 2.20. The first-order valence-electron chi connectivity index (χ1n) is 7.27. The number of halogens is 1. The first-order valence-corrected chi connectivity index (χ1v) is 9.13. The van der Waals surface area contributed by atoms with E-state index in [2.05, 4.69) is 4.72 Å². The van der Waals surface area contributed by atoms with Crippen molar-refractivity contribution in [3.63, 3.8) is 0 Å². The number of nitrogens with one attached hydrogen (secondary N) is 1. The summed E-state index contributed by atoms with van der Waals surface area (Å²) in [5.74, 6) is 0.788. The molecule has 4 nitrogen and oxygen atoms in total. The van der Waals surface area contributed by atoms with Crippen molar-refractivity contribution < 1.29 is 13.2 Å². The average Bonchev–Trinajstić information content (AvgIpc) is 2.46. The van der Waals surface area contributed by atoms with Crippen LogP contribution in [0.2, 0.25) is 5.02 Å². The van der Waals surface area contributed by atoms with Gasteiger partial charge in [0, 0.05) is 0 Å². The van der Waals surface area contributed by atoms with E-state index in [9.17, 15) is 8.42 Å². The van der Waals surface area contributed by atoms with Crippen molar-refractivity contribution in [2.75, 3.05) is 6.61 Å². The van der Waals surface area contributed by atoms with Crippen LogP contribution in [0.3, 0.4) is 0 Å². The largest absolute Gasteiger partial charge is 0.491 e. The minimum absolute atomic E-state index is 0.0700. The molecule has 1 N–H and O–H groups in total. The summed E-state index contributed by atoms with van der Waals surface area (Å²) >= 11 is 5.96. The molecule has 124 valence electrons. The fourth-order valence-electron chi connectivity index (χ4n) is 2.26. The second-order valence-corrected chi connectivity index (χ2v) is 7.57. The SMILES string of the molecule is Cc1cccc(C)c1OCC(C)NS(=O)(=O)c1ccccc1Cl. The van der Waals surface area contributed by atoms with Gasteiger partial charge in [-0.3, -0.25) is 0 Å². The molecule has 0 aliphatic carbocycles. The third-order valence-electron chi connectivity index (χ3n) is 3.37. The molecule has 2 rings (SSSR count). The zero-order valence-electron chi connectivity index (χ0n) is 13.3. The summed E-state index contributed by atoms with van der Waals surface area (Å²) in [6.45, 7) is 5.90. The van der Waals surface area contributed by atoms with Crippen molar-refractivity contribution in [1.82, 2.24) is 4.72 Å². The van der Waals surface area contributed by atoms with Crippen LogP contribution in [-0.4, -0.2) is 21.1 Å². The van der Waals surface area contributed by atoms with Crippen molar-refractivity contribution >= 4 is 21.6 Å². The lowest BCUT2D eigenvalue weighted by Gasteiger charge is -2.18. The summed E-state index contributed by atoms with van der Waals surface area (Å²) < 4.78 is 33.1. The van der Waals surface area contributed by atoms with Gasteiger partial charge in [-0.15, -0.1) is 0 Å². The van der Waals surface area contributed by atoms with Gasteiger partial charge in [-0.1, -0.05) is 41.9 Å². The number of rotatable bonds is 6. The first kappa shape index (κ1) is 17.8. The van der Waals surface area contributed by atoms with Crippen LogP contribution in [0.5, 0.6) is 5.75 Å². The van der Waals surface area contributed by atoms with Crippen LogP contribution in [0.1, 0.15) is 18.1 Å². The number of benzene rings is 2. The quantitative estimate of drug-likeness (QED) is 0.861. The van der Waals surface area contributed by atoms with E-state index in [1.165, 1.54) is 6.07 Å². The second-order valence-electron chi connectivity index (χ2n) is 5.48. The summed E-state index contributed by atoms with van der Waals surface area (Å²) in [7, 11) is -3.68. The Hall–Kier alpha value is -1.56. The van der Waals surface area contributed by atoms with Crippen molar-refractivity contribution in [2.45, 2.75) is 31.7 Å². The van der Waals surface area contributed by atoms with Crippen LogP contribution in [0.25, 0.3) is 0 Å². The summed E-state index contributed by atoms with van der Waals surface area (Å²) in [6.07, 6.45) is 0. The number of aryl methyl sites for hydroxylation is 2. The number of para-hydroxylation sites is 1. The van der Waals surface area contributed by atoms with Gasteiger partial charge in [0.05, 0.1) is 11.1 Å². The van der Waals surface area contributed by atoms with E-state index in [1.54, 1.807) is 25.1 Å². The van der Waals surface area contributed by atoms with Gasteiger partial charge in [-0.25, -0.2) is 13.1 Å². The Balaban J connectivity index is 2.05. The fraction of sp³-hybridized carbons (Fsp3) is 0.294. The molecule has 0 aliphatic rings. The van der Waals surface area contributed by atoms with Gasteiger partial charge >= 0.3 is 0 Å². The predicted octanol–water partition coefficient (Wildman–Crippen LogP) is 3.70.